The molecule has 0 aliphatic rings. The van der Waals surface area contributed by atoms with Crippen LogP contribution in [0.25, 0.3) is 21.8 Å². The van der Waals surface area contributed by atoms with Crippen LogP contribution in [0, 0.1) is 0 Å². The number of halogens is 3. The first kappa shape index (κ1) is 19.3. The third kappa shape index (κ3) is 3.34. The maximum atomic E-state index is 13.1. The first-order chi connectivity index (χ1) is 15.0. The number of benzene rings is 3. The summed E-state index contributed by atoms with van der Waals surface area (Å²) in [6.45, 7) is 0. The summed E-state index contributed by atoms with van der Waals surface area (Å²) in [7, 11) is 1.61. The lowest BCUT2D eigenvalue weighted by Crippen LogP contribution is -2.07. The van der Waals surface area contributed by atoms with E-state index in [9.17, 15) is 13.2 Å². The Morgan fingerprint density at radius 2 is 1.42 bits per heavy atom. The number of aromatic amines is 2. The van der Waals surface area contributed by atoms with E-state index in [4.69, 9.17) is 4.74 Å². The van der Waals surface area contributed by atoms with Gasteiger partial charge in [0, 0.05) is 46.2 Å². The second kappa shape index (κ2) is 7.23. The van der Waals surface area contributed by atoms with E-state index in [0.29, 0.717) is 0 Å². The number of hydrogen-bond donors (Lipinski definition) is 2. The molecule has 1 atom stereocenters. The highest BCUT2D eigenvalue weighted by Gasteiger charge is 2.31. The molecule has 0 spiro atoms. The Bertz CT molecular complexity index is 1360. The first-order valence-electron chi connectivity index (χ1n) is 9.84. The van der Waals surface area contributed by atoms with Crippen LogP contribution < -0.4 is 4.74 Å². The van der Waals surface area contributed by atoms with E-state index in [1.807, 2.05) is 54.9 Å². The zero-order chi connectivity index (χ0) is 21.6. The Morgan fingerprint density at radius 3 is 2.10 bits per heavy atom. The summed E-state index contributed by atoms with van der Waals surface area (Å²) in [5, 5.41) is 2.03. The molecule has 3 aromatic carbocycles. The molecule has 5 aromatic rings. The molecule has 0 saturated heterocycles. The maximum Gasteiger partial charge on any atom is 0.416 e. The highest BCUT2D eigenvalue weighted by molar-refractivity contribution is 5.89. The van der Waals surface area contributed by atoms with Crippen LogP contribution in [-0.2, 0) is 6.18 Å². The number of aromatic nitrogens is 2. The van der Waals surface area contributed by atoms with Gasteiger partial charge in [-0.15, -0.1) is 0 Å². The van der Waals surface area contributed by atoms with Crippen molar-refractivity contribution in [2.75, 3.05) is 7.11 Å². The fraction of sp³-hybridized carbons (Fsp3) is 0.120. The van der Waals surface area contributed by atoms with Gasteiger partial charge in [0.1, 0.15) is 5.75 Å². The molecular weight excluding hydrogens is 401 g/mol. The Balaban J connectivity index is 1.72. The molecule has 0 saturated carbocycles. The lowest BCUT2D eigenvalue weighted by Gasteiger charge is -2.18. The van der Waals surface area contributed by atoms with Gasteiger partial charge in [0.15, 0.2) is 0 Å². The van der Waals surface area contributed by atoms with E-state index < -0.39 is 11.7 Å². The SMILES string of the molecule is COc1ccc2c(C(c3ccc(C(F)(F)F)cc3)c3c[nH]c4ccccc34)c[nH]c2c1. The van der Waals surface area contributed by atoms with Gasteiger partial charge >= 0.3 is 6.18 Å². The summed E-state index contributed by atoms with van der Waals surface area (Å²) in [4.78, 5) is 6.58. The fourth-order valence-corrected chi connectivity index (χ4v) is 4.22. The second-order valence-corrected chi connectivity index (χ2v) is 7.50. The van der Waals surface area contributed by atoms with Gasteiger partial charge in [0.05, 0.1) is 12.7 Å². The predicted octanol–water partition coefficient (Wildman–Crippen LogP) is 6.86. The van der Waals surface area contributed by atoms with Gasteiger partial charge in [0.25, 0.3) is 0 Å². The van der Waals surface area contributed by atoms with E-state index in [0.717, 1.165) is 56.4 Å². The maximum absolute atomic E-state index is 13.1. The van der Waals surface area contributed by atoms with Crippen molar-refractivity contribution in [3.8, 4) is 5.75 Å². The zero-order valence-electron chi connectivity index (χ0n) is 16.6. The minimum Gasteiger partial charge on any atom is -0.497 e. The molecule has 2 aromatic heterocycles. The number of para-hydroxylation sites is 1. The summed E-state index contributed by atoms with van der Waals surface area (Å²) < 4.78 is 44.7. The van der Waals surface area contributed by atoms with Crippen LogP contribution in [0.4, 0.5) is 13.2 Å². The van der Waals surface area contributed by atoms with Crippen molar-refractivity contribution in [2.24, 2.45) is 0 Å². The minimum atomic E-state index is -4.37. The Labute approximate surface area is 176 Å². The van der Waals surface area contributed by atoms with Crippen molar-refractivity contribution in [3.05, 3.63) is 101 Å². The van der Waals surface area contributed by atoms with Crippen LogP contribution in [0.15, 0.2) is 79.1 Å². The van der Waals surface area contributed by atoms with Crippen molar-refractivity contribution in [1.29, 1.82) is 0 Å². The number of hydrogen-bond acceptors (Lipinski definition) is 1. The first-order valence-corrected chi connectivity index (χ1v) is 9.84. The van der Waals surface area contributed by atoms with E-state index in [2.05, 4.69) is 9.97 Å². The molecule has 0 bridgehead atoms. The average molecular weight is 420 g/mol. The number of alkyl halides is 3. The second-order valence-electron chi connectivity index (χ2n) is 7.50. The number of rotatable bonds is 4. The number of H-pyrrole nitrogens is 2. The zero-order valence-corrected chi connectivity index (χ0v) is 16.6. The number of fused-ring (bicyclic) bond motifs is 2. The van der Waals surface area contributed by atoms with E-state index in [1.54, 1.807) is 19.2 Å². The lowest BCUT2D eigenvalue weighted by atomic mass is 9.84. The Morgan fingerprint density at radius 1 is 0.774 bits per heavy atom. The molecule has 2 N–H and O–H groups in total. The summed E-state index contributed by atoms with van der Waals surface area (Å²) in [5.41, 5.74) is 4.02. The third-order valence-electron chi connectivity index (χ3n) is 5.74. The molecule has 2 heterocycles. The molecule has 0 aliphatic carbocycles. The summed E-state index contributed by atoms with van der Waals surface area (Å²) in [5.74, 6) is 0.486. The van der Waals surface area contributed by atoms with Gasteiger partial charge in [-0.1, -0.05) is 30.3 Å². The molecule has 0 amide bonds. The highest BCUT2D eigenvalue weighted by Crippen LogP contribution is 2.40. The number of methoxy groups -OCH3 is 1. The number of ether oxygens (including phenoxy) is 1. The van der Waals surface area contributed by atoms with Crippen molar-refractivity contribution in [1.82, 2.24) is 9.97 Å². The van der Waals surface area contributed by atoms with E-state index in [-0.39, 0.29) is 5.92 Å². The standard InChI is InChI=1S/C25H19F3N2O/c1-31-17-10-11-19-21(14-30-23(19)12-17)24(15-6-8-16(9-7-15)25(26,27)28)20-13-29-22-5-3-2-4-18(20)22/h2-14,24,29-30H,1H3. The van der Waals surface area contributed by atoms with Crippen molar-refractivity contribution < 1.29 is 17.9 Å². The molecule has 31 heavy (non-hydrogen) atoms. The molecular formula is C25H19F3N2O. The topological polar surface area (TPSA) is 40.8 Å². The molecule has 0 fully saturated rings. The van der Waals surface area contributed by atoms with Gasteiger partial charge in [-0.25, -0.2) is 0 Å². The minimum absolute atomic E-state index is 0.249. The van der Waals surface area contributed by atoms with Crippen molar-refractivity contribution in [3.63, 3.8) is 0 Å². The Hall–Kier alpha value is -3.67. The molecule has 156 valence electrons. The molecule has 0 radical (unpaired) electrons. The quantitative estimate of drug-likeness (QED) is 0.328. The van der Waals surface area contributed by atoms with Crippen LogP contribution >= 0.6 is 0 Å². The van der Waals surface area contributed by atoms with Crippen molar-refractivity contribution in [2.45, 2.75) is 12.1 Å². The monoisotopic (exact) mass is 420 g/mol. The van der Waals surface area contributed by atoms with Crippen LogP contribution in [0.2, 0.25) is 0 Å². The smallest absolute Gasteiger partial charge is 0.416 e. The van der Waals surface area contributed by atoms with E-state index >= 15 is 0 Å². The predicted molar refractivity (Wildman–Crippen MR) is 116 cm³/mol. The summed E-state index contributed by atoms with van der Waals surface area (Å²) in [6.07, 6.45) is -0.504. The van der Waals surface area contributed by atoms with Gasteiger partial charge in [0.2, 0.25) is 0 Å². The van der Waals surface area contributed by atoms with Crippen LogP contribution in [0.3, 0.4) is 0 Å². The molecule has 6 heteroatoms. The highest BCUT2D eigenvalue weighted by atomic mass is 19.4. The average Bonchev–Trinajstić information content (AvgIpc) is 3.38. The largest absolute Gasteiger partial charge is 0.497 e. The van der Waals surface area contributed by atoms with Crippen LogP contribution in [0.1, 0.15) is 28.2 Å². The van der Waals surface area contributed by atoms with Gasteiger partial charge in [-0.2, -0.15) is 13.2 Å². The summed E-state index contributed by atoms with van der Waals surface area (Å²) in [6, 6.07) is 19.1. The van der Waals surface area contributed by atoms with Gasteiger partial charge in [-0.05, 0) is 47.0 Å². The molecule has 1 unspecified atom stereocenters. The molecule has 5 rings (SSSR count). The van der Waals surface area contributed by atoms with Gasteiger partial charge in [-0.3, -0.25) is 0 Å². The molecule has 3 nitrogen and oxygen atoms in total. The van der Waals surface area contributed by atoms with Crippen LogP contribution in [-0.4, -0.2) is 17.1 Å². The van der Waals surface area contributed by atoms with E-state index in [1.165, 1.54) is 0 Å². The third-order valence-corrected chi connectivity index (χ3v) is 5.74. The van der Waals surface area contributed by atoms with Crippen molar-refractivity contribution >= 4 is 21.8 Å². The normalized spacial score (nSPS) is 13.0. The summed E-state index contributed by atoms with van der Waals surface area (Å²) >= 11 is 0. The lowest BCUT2D eigenvalue weighted by molar-refractivity contribution is -0.137. The molecule has 0 aliphatic heterocycles. The number of nitrogens with one attached hydrogen (secondary N) is 2. The fourth-order valence-electron chi connectivity index (χ4n) is 4.22. The Kier molecular flexibility index (Phi) is 4.50. The van der Waals surface area contributed by atoms with Gasteiger partial charge < -0.3 is 14.7 Å². The van der Waals surface area contributed by atoms with Crippen LogP contribution in [0.5, 0.6) is 5.75 Å².